The van der Waals surface area contributed by atoms with Gasteiger partial charge in [0, 0.05) is 31.5 Å². The predicted octanol–water partition coefficient (Wildman–Crippen LogP) is 3.11. The molecule has 2 rings (SSSR count). The van der Waals surface area contributed by atoms with Crippen LogP contribution >= 0.6 is 0 Å². The third kappa shape index (κ3) is 2.73. The van der Waals surface area contributed by atoms with Gasteiger partial charge in [-0.05, 0) is 30.6 Å². The summed E-state index contributed by atoms with van der Waals surface area (Å²) in [5.74, 6) is 2.75. The Kier molecular flexibility index (Phi) is 3.92. The van der Waals surface area contributed by atoms with Crippen LogP contribution in [0.3, 0.4) is 0 Å². The number of Topliss-reactive ketones (excluding diaryl/α,β-unsaturated/α-hetero) is 1. The van der Waals surface area contributed by atoms with Gasteiger partial charge < -0.3 is 0 Å². The summed E-state index contributed by atoms with van der Waals surface area (Å²) in [4.78, 5) is 14.3. The Hall–Kier alpha value is -0.370. The van der Waals surface area contributed by atoms with Gasteiger partial charge in [0.25, 0.3) is 0 Å². The molecule has 2 aliphatic heterocycles. The number of rotatable bonds is 4. The minimum absolute atomic E-state index is 0.499. The molecule has 2 aliphatic rings. The summed E-state index contributed by atoms with van der Waals surface area (Å²) < 4.78 is 0. The fraction of sp³-hybridized carbons (Fsp3) is 0.933. The summed E-state index contributed by atoms with van der Waals surface area (Å²) in [6.07, 6.45) is 4.14. The zero-order valence-corrected chi connectivity index (χ0v) is 11.8. The van der Waals surface area contributed by atoms with Crippen LogP contribution in [0.1, 0.15) is 53.4 Å². The van der Waals surface area contributed by atoms with E-state index in [1.165, 1.54) is 19.4 Å². The molecule has 2 heteroatoms. The number of carbonyl (C=O) groups is 1. The number of nitrogens with zero attached hydrogens (tertiary/aromatic N) is 1. The maximum absolute atomic E-state index is 11.6. The first-order chi connectivity index (χ1) is 7.99. The van der Waals surface area contributed by atoms with Gasteiger partial charge in [0.15, 0.2) is 0 Å². The van der Waals surface area contributed by atoms with E-state index in [2.05, 4.69) is 32.6 Å². The van der Waals surface area contributed by atoms with Crippen LogP contribution in [-0.4, -0.2) is 29.3 Å². The minimum atomic E-state index is 0.499. The third-order valence-electron chi connectivity index (χ3n) is 4.83. The van der Waals surface area contributed by atoms with E-state index in [0.29, 0.717) is 17.9 Å². The van der Waals surface area contributed by atoms with E-state index in [9.17, 15) is 4.79 Å². The Morgan fingerprint density at radius 3 is 1.94 bits per heavy atom. The highest BCUT2D eigenvalue weighted by Gasteiger charge is 2.41. The molecule has 0 N–H and O–H groups in total. The van der Waals surface area contributed by atoms with Crippen LogP contribution in [0.2, 0.25) is 0 Å². The molecular weight excluding hydrogens is 210 g/mol. The van der Waals surface area contributed by atoms with E-state index in [4.69, 9.17) is 0 Å². The van der Waals surface area contributed by atoms with Crippen molar-refractivity contribution < 1.29 is 4.79 Å². The summed E-state index contributed by atoms with van der Waals surface area (Å²) in [6, 6.07) is 1.14. The van der Waals surface area contributed by atoms with E-state index in [-0.39, 0.29) is 0 Å². The first-order valence-electron chi connectivity index (χ1n) is 7.26. The summed E-state index contributed by atoms with van der Waals surface area (Å²) in [6.45, 7) is 10.5. The largest absolute Gasteiger partial charge is 0.300 e. The average molecular weight is 237 g/mol. The number of ketones is 1. The molecule has 0 spiro atoms. The molecule has 98 valence electrons. The lowest BCUT2D eigenvalue weighted by atomic mass is 9.84. The molecule has 2 nitrogen and oxygen atoms in total. The van der Waals surface area contributed by atoms with E-state index in [1.807, 2.05) is 0 Å². The monoisotopic (exact) mass is 237 g/mol. The Bertz CT molecular complexity index is 261. The topological polar surface area (TPSA) is 20.3 Å². The summed E-state index contributed by atoms with van der Waals surface area (Å²) in [5.41, 5.74) is 0. The van der Waals surface area contributed by atoms with E-state index >= 15 is 0 Å². The lowest BCUT2D eigenvalue weighted by Gasteiger charge is -2.39. The number of fused-ring (bicyclic) bond motifs is 2. The molecular formula is C15H27NO. The van der Waals surface area contributed by atoms with Crippen molar-refractivity contribution >= 4 is 5.78 Å². The molecule has 0 saturated carbocycles. The first-order valence-corrected chi connectivity index (χ1v) is 7.26. The maximum Gasteiger partial charge on any atom is 0.136 e. The molecule has 0 radical (unpaired) electrons. The number of carbonyl (C=O) groups excluding carboxylic acids is 1. The highest BCUT2D eigenvalue weighted by atomic mass is 16.1. The SMILES string of the molecule is CC(C)C(CN1C2CCC1CC(=O)C2)C(C)C. The van der Waals surface area contributed by atoms with E-state index in [0.717, 1.165) is 30.6 Å². The van der Waals surface area contributed by atoms with Crippen molar-refractivity contribution in [1.29, 1.82) is 0 Å². The van der Waals surface area contributed by atoms with Gasteiger partial charge in [0.1, 0.15) is 5.78 Å². The molecule has 0 aromatic rings. The second-order valence-corrected chi connectivity index (χ2v) is 6.68. The van der Waals surface area contributed by atoms with Crippen molar-refractivity contribution in [1.82, 2.24) is 4.90 Å². The Balaban J connectivity index is 2.01. The normalized spacial score (nSPS) is 29.9. The van der Waals surface area contributed by atoms with Crippen LogP contribution in [0.5, 0.6) is 0 Å². The summed E-state index contributed by atoms with van der Waals surface area (Å²) in [5, 5.41) is 0. The van der Waals surface area contributed by atoms with Crippen molar-refractivity contribution in [3.63, 3.8) is 0 Å². The van der Waals surface area contributed by atoms with Crippen LogP contribution in [0.15, 0.2) is 0 Å². The van der Waals surface area contributed by atoms with E-state index < -0.39 is 0 Å². The zero-order valence-electron chi connectivity index (χ0n) is 11.8. The molecule has 0 aromatic carbocycles. The van der Waals surface area contributed by atoms with Gasteiger partial charge in [-0.15, -0.1) is 0 Å². The van der Waals surface area contributed by atoms with Crippen LogP contribution in [0, 0.1) is 17.8 Å². The average Bonchev–Trinajstić information content (AvgIpc) is 2.44. The fourth-order valence-electron chi connectivity index (χ4n) is 3.80. The second-order valence-electron chi connectivity index (χ2n) is 6.68. The van der Waals surface area contributed by atoms with Crippen molar-refractivity contribution in [3.8, 4) is 0 Å². The molecule has 2 fully saturated rings. The van der Waals surface area contributed by atoms with Crippen molar-refractivity contribution in [2.24, 2.45) is 17.8 Å². The van der Waals surface area contributed by atoms with Crippen LogP contribution < -0.4 is 0 Å². The molecule has 2 saturated heterocycles. The van der Waals surface area contributed by atoms with Crippen molar-refractivity contribution in [2.75, 3.05) is 6.54 Å². The summed E-state index contributed by atoms with van der Waals surface area (Å²) in [7, 11) is 0. The number of hydrogen-bond acceptors (Lipinski definition) is 2. The van der Waals surface area contributed by atoms with Crippen molar-refractivity contribution in [3.05, 3.63) is 0 Å². The van der Waals surface area contributed by atoms with Gasteiger partial charge in [-0.3, -0.25) is 9.69 Å². The Morgan fingerprint density at radius 1 is 1.06 bits per heavy atom. The van der Waals surface area contributed by atoms with Gasteiger partial charge in [0.05, 0.1) is 0 Å². The van der Waals surface area contributed by atoms with Gasteiger partial charge >= 0.3 is 0 Å². The van der Waals surface area contributed by atoms with Crippen molar-refractivity contribution in [2.45, 2.75) is 65.5 Å². The maximum atomic E-state index is 11.6. The molecule has 0 aliphatic carbocycles. The molecule has 2 bridgehead atoms. The summed E-state index contributed by atoms with van der Waals surface area (Å²) >= 11 is 0. The van der Waals surface area contributed by atoms with Gasteiger partial charge in [-0.25, -0.2) is 0 Å². The smallest absolute Gasteiger partial charge is 0.136 e. The Labute approximate surface area is 106 Å². The number of hydrogen-bond donors (Lipinski definition) is 0. The fourth-order valence-corrected chi connectivity index (χ4v) is 3.80. The van der Waals surface area contributed by atoms with Gasteiger partial charge in [0.2, 0.25) is 0 Å². The molecule has 0 amide bonds. The molecule has 17 heavy (non-hydrogen) atoms. The zero-order chi connectivity index (χ0) is 12.6. The lowest BCUT2D eigenvalue weighted by Crippen LogP contribution is -2.46. The first kappa shape index (κ1) is 13.1. The van der Waals surface area contributed by atoms with Crippen LogP contribution in [0.4, 0.5) is 0 Å². The van der Waals surface area contributed by atoms with Gasteiger partial charge in [-0.2, -0.15) is 0 Å². The minimum Gasteiger partial charge on any atom is -0.300 e. The standard InChI is InChI=1S/C15H27NO/c1-10(2)15(11(3)4)9-16-12-5-6-13(16)8-14(17)7-12/h10-13,15H,5-9H2,1-4H3. The predicted molar refractivity (Wildman–Crippen MR) is 70.9 cm³/mol. The lowest BCUT2D eigenvalue weighted by molar-refractivity contribution is -0.124. The van der Waals surface area contributed by atoms with Crippen LogP contribution in [0.25, 0.3) is 0 Å². The van der Waals surface area contributed by atoms with Crippen LogP contribution in [-0.2, 0) is 4.79 Å². The third-order valence-corrected chi connectivity index (χ3v) is 4.83. The quantitative estimate of drug-likeness (QED) is 0.749. The highest BCUT2D eigenvalue weighted by molar-refractivity contribution is 5.80. The second kappa shape index (κ2) is 5.09. The molecule has 2 atom stereocenters. The molecule has 0 aromatic heterocycles. The molecule has 2 heterocycles. The Morgan fingerprint density at radius 2 is 1.53 bits per heavy atom. The highest BCUT2D eigenvalue weighted by Crippen LogP contribution is 2.36. The number of piperidine rings is 1. The van der Waals surface area contributed by atoms with E-state index in [1.54, 1.807) is 0 Å². The van der Waals surface area contributed by atoms with Gasteiger partial charge in [-0.1, -0.05) is 27.7 Å². The molecule has 2 unspecified atom stereocenters.